The van der Waals surface area contributed by atoms with Crippen LogP contribution in [0.5, 0.6) is 17.2 Å². The van der Waals surface area contributed by atoms with Gasteiger partial charge in [-0.05, 0) is 12.1 Å². The van der Waals surface area contributed by atoms with E-state index in [4.69, 9.17) is 14.2 Å². The molecule has 0 radical (unpaired) electrons. The lowest BCUT2D eigenvalue weighted by Crippen LogP contribution is -2.29. The average molecular weight is 317 g/mol. The second-order valence-electron chi connectivity index (χ2n) is 4.27. The number of carbonyl (C=O) groups excluding carboxylic acids is 1. The van der Waals surface area contributed by atoms with Crippen molar-refractivity contribution in [1.29, 1.82) is 0 Å². The molecule has 1 N–H and O–H groups in total. The summed E-state index contributed by atoms with van der Waals surface area (Å²) in [6, 6.07) is 3.10. The van der Waals surface area contributed by atoms with Crippen molar-refractivity contribution in [3.8, 4) is 17.2 Å². The molecule has 0 atom stereocenters. The molecule has 0 saturated heterocycles. The first-order chi connectivity index (χ1) is 9.84. The van der Waals surface area contributed by atoms with Gasteiger partial charge in [0, 0.05) is 12.8 Å². The largest absolute Gasteiger partial charge is 0.493 e. The highest BCUT2D eigenvalue weighted by Gasteiger charge is 2.20. The number of amides is 1. The van der Waals surface area contributed by atoms with Gasteiger partial charge in [0.15, 0.2) is 11.5 Å². The Hall–Kier alpha value is -1.96. The SMILES string of the molecule is COc1ccc(C(=O)NCCS(C)(=O)=O)c(OC)c1OC. The summed E-state index contributed by atoms with van der Waals surface area (Å²) in [5.74, 6) is 0.386. The molecule has 0 saturated carbocycles. The third-order valence-electron chi connectivity index (χ3n) is 2.71. The molecule has 0 aromatic heterocycles. The van der Waals surface area contributed by atoms with Crippen LogP contribution in [-0.4, -0.2) is 54.2 Å². The summed E-state index contributed by atoms with van der Waals surface area (Å²) in [4.78, 5) is 12.1. The predicted octanol–water partition coefficient (Wildman–Crippen LogP) is 0.487. The van der Waals surface area contributed by atoms with Crippen molar-refractivity contribution in [3.05, 3.63) is 17.7 Å². The van der Waals surface area contributed by atoms with Gasteiger partial charge in [0.25, 0.3) is 5.91 Å². The van der Waals surface area contributed by atoms with E-state index in [-0.39, 0.29) is 23.6 Å². The molecule has 0 heterocycles. The predicted molar refractivity (Wildman–Crippen MR) is 78.1 cm³/mol. The third-order valence-corrected chi connectivity index (χ3v) is 3.65. The Balaban J connectivity index is 2.99. The second-order valence-corrected chi connectivity index (χ2v) is 6.53. The minimum atomic E-state index is -3.13. The second kappa shape index (κ2) is 7.16. The quantitative estimate of drug-likeness (QED) is 0.787. The number of sulfone groups is 1. The fraction of sp³-hybridized carbons (Fsp3) is 0.462. The summed E-state index contributed by atoms with van der Waals surface area (Å²) in [6.07, 6.45) is 1.11. The van der Waals surface area contributed by atoms with Crippen LogP contribution in [0, 0.1) is 0 Å². The smallest absolute Gasteiger partial charge is 0.255 e. The van der Waals surface area contributed by atoms with Crippen LogP contribution < -0.4 is 19.5 Å². The molecule has 118 valence electrons. The van der Waals surface area contributed by atoms with Gasteiger partial charge in [0.1, 0.15) is 9.84 Å². The number of hydrogen-bond acceptors (Lipinski definition) is 6. The molecular formula is C13H19NO6S. The molecule has 0 unspecified atom stereocenters. The number of carbonyl (C=O) groups is 1. The van der Waals surface area contributed by atoms with Crippen molar-refractivity contribution in [2.75, 3.05) is 39.9 Å². The molecule has 1 amide bonds. The van der Waals surface area contributed by atoms with E-state index in [1.165, 1.54) is 27.4 Å². The molecule has 0 fully saturated rings. The Labute approximate surface area is 124 Å². The monoisotopic (exact) mass is 317 g/mol. The first-order valence-electron chi connectivity index (χ1n) is 6.09. The average Bonchev–Trinajstić information content (AvgIpc) is 2.43. The molecule has 0 bridgehead atoms. The molecule has 21 heavy (non-hydrogen) atoms. The molecular weight excluding hydrogens is 298 g/mol. The van der Waals surface area contributed by atoms with Gasteiger partial charge in [0.2, 0.25) is 5.75 Å². The summed E-state index contributed by atoms with van der Waals surface area (Å²) < 4.78 is 37.6. The summed E-state index contributed by atoms with van der Waals surface area (Å²) >= 11 is 0. The summed E-state index contributed by atoms with van der Waals surface area (Å²) in [6.45, 7) is 0.0230. The van der Waals surface area contributed by atoms with E-state index >= 15 is 0 Å². The fourth-order valence-corrected chi connectivity index (χ4v) is 2.20. The number of benzene rings is 1. The van der Waals surface area contributed by atoms with Crippen LogP contribution in [0.4, 0.5) is 0 Å². The highest BCUT2D eigenvalue weighted by molar-refractivity contribution is 7.90. The van der Waals surface area contributed by atoms with E-state index in [9.17, 15) is 13.2 Å². The highest BCUT2D eigenvalue weighted by Crippen LogP contribution is 2.39. The topological polar surface area (TPSA) is 90.9 Å². The fourth-order valence-electron chi connectivity index (χ4n) is 1.73. The van der Waals surface area contributed by atoms with Crippen LogP contribution in [0.15, 0.2) is 12.1 Å². The Morgan fingerprint density at radius 1 is 1.10 bits per heavy atom. The maximum atomic E-state index is 12.1. The lowest BCUT2D eigenvalue weighted by molar-refractivity contribution is 0.0952. The zero-order chi connectivity index (χ0) is 16.0. The lowest BCUT2D eigenvalue weighted by Gasteiger charge is -2.15. The van der Waals surface area contributed by atoms with Crippen molar-refractivity contribution in [3.63, 3.8) is 0 Å². The van der Waals surface area contributed by atoms with Gasteiger partial charge >= 0.3 is 0 Å². The zero-order valence-corrected chi connectivity index (χ0v) is 13.2. The van der Waals surface area contributed by atoms with Gasteiger partial charge in [-0.1, -0.05) is 0 Å². The van der Waals surface area contributed by atoms with Crippen LogP contribution in [0.1, 0.15) is 10.4 Å². The van der Waals surface area contributed by atoms with E-state index in [0.29, 0.717) is 11.5 Å². The molecule has 0 aliphatic heterocycles. The van der Waals surface area contributed by atoms with Gasteiger partial charge in [-0.3, -0.25) is 4.79 Å². The van der Waals surface area contributed by atoms with Gasteiger partial charge in [-0.15, -0.1) is 0 Å². The first-order valence-corrected chi connectivity index (χ1v) is 8.15. The van der Waals surface area contributed by atoms with E-state index in [2.05, 4.69) is 5.32 Å². The van der Waals surface area contributed by atoms with Gasteiger partial charge in [0.05, 0.1) is 32.6 Å². The molecule has 0 spiro atoms. The molecule has 8 heteroatoms. The van der Waals surface area contributed by atoms with Crippen LogP contribution in [0.2, 0.25) is 0 Å². The van der Waals surface area contributed by atoms with Crippen molar-refractivity contribution in [2.24, 2.45) is 0 Å². The molecule has 7 nitrogen and oxygen atoms in total. The normalized spacial score (nSPS) is 10.9. The Kier molecular flexibility index (Phi) is 5.83. The summed E-state index contributed by atoms with van der Waals surface area (Å²) in [7, 11) is 1.19. The van der Waals surface area contributed by atoms with Gasteiger partial charge in [-0.2, -0.15) is 0 Å². The number of nitrogens with one attached hydrogen (secondary N) is 1. The molecule has 1 rings (SSSR count). The number of hydrogen-bond donors (Lipinski definition) is 1. The van der Waals surface area contributed by atoms with Crippen LogP contribution in [0.25, 0.3) is 0 Å². The van der Waals surface area contributed by atoms with Crippen LogP contribution in [0.3, 0.4) is 0 Å². The van der Waals surface area contributed by atoms with Crippen molar-refractivity contribution in [1.82, 2.24) is 5.32 Å². The Bertz CT molecular complexity index is 611. The van der Waals surface area contributed by atoms with Crippen molar-refractivity contribution in [2.45, 2.75) is 0 Å². The molecule has 1 aromatic rings. The zero-order valence-electron chi connectivity index (χ0n) is 12.4. The Morgan fingerprint density at radius 3 is 2.19 bits per heavy atom. The highest BCUT2D eigenvalue weighted by atomic mass is 32.2. The molecule has 0 aliphatic carbocycles. The van der Waals surface area contributed by atoms with Gasteiger partial charge in [-0.25, -0.2) is 8.42 Å². The first kappa shape index (κ1) is 17.1. The van der Waals surface area contributed by atoms with Gasteiger partial charge < -0.3 is 19.5 Å². The minimum absolute atomic E-state index is 0.0230. The lowest BCUT2D eigenvalue weighted by atomic mass is 10.1. The Morgan fingerprint density at radius 2 is 1.71 bits per heavy atom. The van der Waals surface area contributed by atoms with E-state index in [1.54, 1.807) is 6.07 Å². The van der Waals surface area contributed by atoms with Crippen molar-refractivity contribution >= 4 is 15.7 Å². The molecule has 1 aromatic carbocycles. The maximum Gasteiger partial charge on any atom is 0.255 e. The van der Waals surface area contributed by atoms with Crippen molar-refractivity contribution < 1.29 is 27.4 Å². The molecule has 0 aliphatic rings. The van der Waals surface area contributed by atoms with Crippen LogP contribution in [-0.2, 0) is 9.84 Å². The number of ether oxygens (including phenoxy) is 3. The van der Waals surface area contributed by atoms with E-state index < -0.39 is 15.7 Å². The van der Waals surface area contributed by atoms with Crippen LogP contribution >= 0.6 is 0 Å². The number of rotatable bonds is 7. The maximum absolute atomic E-state index is 12.1. The summed E-state index contributed by atoms with van der Waals surface area (Å²) in [5.41, 5.74) is 0.239. The number of methoxy groups -OCH3 is 3. The van der Waals surface area contributed by atoms with E-state index in [0.717, 1.165) is 6.26 Å². The standard InChI is InChI=1S/C13H19NO6S/c1-18-10-6-5-9(11(19-2)12(10)20-3)13(15)14-7-8-21(4,16)17/h5-6H,7-8H2,1-4H3,(H,14,15). The summed E-state index contributed by atoms with van der Waals surface area (Å²) in [5, 5.41) is 2.52. The minimum Gasteiger partial charge on any atom is -0.493 e. The van der Waals surface area contributed by atoms with E-state index in [1.807, 2.05) is 0 Å². The third kappa shape index (κ3) is 4.52.